The van der Waals surface area contributed by atoms with Crippen LogP contribution in [0.3, 0.4) is 0 Å². The number of hydrogen-bond acceptors (Lipinski definition) is 5. The smallest absolute Gasteiger partial charge is 0.119 e. The SMILES string of the molecule is CCc1ccc(OCC(CSc2ccsc2)OCC2CO2)cc1. The Morgan fingerprint density at radius 2 is 2.13 bits per heavy atom. The monoisotopic (exact) mass is 350 g/mol. The minimum absolute atomic E-state index is 0.0648. The number of aryl methyl sites for hydroxylation is 1. The third kappa shape index (κ3) is 5.84. The molecule has 1 aliphatic rings. The maximum Gasteiger partial charge on any atom is 0.119 e. The van der Waals surface area contributed by atoms with E-state index in [9.17, 15) is 0 Å². The minimum Gasteiger partial charge on any atom is -0.491 e. The van der Waals surface area contributed by atoms with Crippen LogP contribution in [0, 0.1) is 0 Å². The summed E-state index contributed by atoms with van der Waals surface area (Å²) in [5, 5.41) is 4.26. The molecule has 1 aromatic carbocycles. The van der Waals surface area contributed by atoms with E-state index in [-0.39, 0.29) is 12.2 Å². The van der Waals surface area contributed by atoms with Crippen molar-refractivity contribution in [3.63, 3.8) is 0 Å². The molecule has 2 atom stereocenters. The van der Waals surface area contributed by atoms with E-state index in [2.05, 4.69) is 35.9 Å². The summed E-state index contributed by atoms with van der Waals surface area (Å²) in [5.74, 6) is 1.79. The summed E-state index contributed by atoms with van der Waals surface area (Å²) >= 11 is 3.53. The Balaban J connectivity index is 1.48. The molecule has 1 aromatic heterocycles. The molecule has 1 fully saturated rings. The third-order valence-electron chi connectivity index (χ3n) is 3.62. The lowest BCUT2D eigenvalue weighted by atomic mass is 10.2. The predicted molar refractivity (Wildman–Crippen MR) is 95.8 cm³/mol. The van der Waals surface area contributed by atoms with E-state index in [1.165, 1.54) is 10.5 Å². The van der Waals surface area contributed by atoms with E-state index >= 15 is 0 Å². The van der Waals surface area contributed by atoms with Crippen molar-refractivity contribution in [2.45, 2.75) is 30.4 Å². The summed E-state index contributed by atoms with van der Waals surface area (Å²) < 4.78 is 17.1. The first-order valence-electron chi connectivity index (χ1n) is 7.93. The van der Waals surface area contributed by atoms with Gasteiger partial charge in [0, 0.05) is 16.0 Å². The lowest BCUT2D eigenvalue weighted by Crippen LogP contribution is -2.26. The summed E-state index contributed by atoms with van der Waals surface area (Å²) in [6, 6.07) is 10.4. The molecule has 0 radical (unpaired) electrons. The molecule has 3 nitrogen and oxygen atoms in total. The van der Waals surface area contributed by atoms with E-state index in [1.807, 2.05) is 23.9 Å². The third-order valence-corrected chi connectivity index (χ3v) is 5.58. The quantitative estimate of drug-likeness (QED) is 0.473. The number of benzene rings is 1. The fourth-order valence-electron chi connectivity index (χ4n) is 2.09. The second kappa shape index (κ2) is 8.73. The zero-order valence-corrected chi connectivity index (χ0v) is 14.9. The van der Waals surface area contributed by atoms with Gasteiger partial charge in [0.05, 0.1) is 13.2 Å². The summed E-state index contributed by atoms with van der Waals surface area (Å²) in [5.41, 5.74) is 1.32. The molecular weight excluding hydrogens is 328 g/mol. The molecule has 0 saturated carbocycles. The summed E-state index contributed by atoms with van der Waals surface area (Å²) in [6.07, 6.45) is 1.40. The van der Waals surface area contributed by atoms with Crippen LogP contribution in [0.5, 0.6) is 5.75 Å². The average molecular weight is 351 g/mol. The lowest BCUT2D eigenvalue weighted by Gasteiger charge is -2.18. The molecular formula is C18H22O3S2. The molecule has 2 unspecified atom stereocenters. The van der Waals surface area contributed by atoms with Crippen LogP contribution in [-0.2, 0) is 15.9 Å². The second-order valence-corrected chi connectivity index (χ2v) is 7.36. The van der Waals surface area contributed by atoms with E-state index in [0.29, 0.717) is 13.2 Å². The summed E-state index contributed by atoms with van der Waals surface area (Å²) in [6.45, 7) is 4.20. The van der Waals surface area contributed by atoms with E-state index in [0.717, 1.165) is 24.5 Å². The first-order valence-corrected chi connectivity index (χ1v) is 9.86. The Hall–Kier alpha value is -1.01. The van der Waals surface area contributed by atoms with E-state index in [4.69, 9.17) is 14.2 Å². The van der Waals surface area contributed by atoms with E-state index in [1.54, 1.807) is 11.3 Å². The molecule has 0 aliphatic carbocycles. The van der Waals surface area contributed by atoms with Crippen molar-refractivity contribution in [2.24, 2.45) is 0 Å². The molecule has 2 heterocycles. The van der Waals surface area contributed by atoms with Gasteiger partial charge < -0.3 is 14.2 Å². The summed E-state index contributed by atoms with van der Waals surface area (Å²) in [7, 11) is 0. The molecule has 0 bridgehead atoms. The van der Waals surface area contributed by atoms with Gasteiger partial charge in [-0.2, -0.15) is 11.3 Å². The van der Waals surface area contributed by atoms with Crippen molar-refractivity contribution >= 4 is 23.1 Å². The van der Waals surface area contributed by atoms with Crippen molar-refractivity contribution in [2.75, 3.05) is 25.6 Å². The predicted octanol–water partition coefficient (Wildman–Crippen LogP) is 4.27. The number of ether oxygens (including phenoxy) is 3. The normalized spacial score (nSPS) is 17.9. The molecule has 1 saturated heterocycles. The van der Waals surface area contributed by atoms with Crippen LogP contribution in [0.4, 0.5) is 0 Å². The maximum absolute atomic E-state index is 5.96. The van der Waals surface area contributed by atoms with Crippen LogP contribution >= 0.6 is 23.1 Å². The first kappa shape index (κ1) is 16.8. The molecule has 124 valence electrons. The minimum atomic E-state index is 0.0648. The highest BCUT2D eigenvalue weighted by atomic mass is 32.2. The standard InChI is InChI=1S/C18H22O3S2/c1-2-14-3-5-15(6-4-14)19-11-17(21-10-16-9-20-16)12-23-18-7-8-22-13-18/h3-8,13,16-17H,2,9-12H2,1H3. The molecule has 0 spiro atoms. The molecule has 0 amide bonds. The Morgan fingerprint density at radius 1 is 1.30 bits per heavy atom. The number of hydrogen-bond donors (Lipinski definition) is 0. The van der Waals surface area contributed by atoms with Crippen LogP contribution in [0.2, 0.25) is 0 Å². The van der Waals surface area contributed by atoms with Gasteiger partial charge in [0.15, 0.2) is 0 Å². The molecule has 2 aromatic rings. The van der Waals surface area contributed by atoms with Crippen molar-refractivity contribution in [1.82, 2.24) is 0 Å². The Labute approximate surface area is 146 Å². The van der Waals surface area contributed by atoms with Crippen LogP contribution < -0.4 is 4.74 Å². The van der Waals surface area contributed by atoms with Gasteiger partial charge in [-0.25, -0.2) is 0 Å². The van der Waals surface area contributed by atoms with Gasteiger partial charge in [0.2, 0.25) is 0 Å². The first-order chi connectivity index (χ1) is 11.3. The van der Waals surface area contributed by atoms with Crippen LogP contribution in [0.25, 0.3) is 0 Å². The molecule has 3 rings (SSSR count). The van der Waals surface area contributed by atoms with Gasteiger partial charge in [-0.05, 0) is 35.6 Å². The molecule has 5 heteroatoms. The van der Waals surface area contributed by atoms with Gasteiger partial charge in [0.25, 0.3) is 0 Å². The Morgan fingerprint density at radius 3 is 2.78 bits per heavy atom. The van der Waals surface area contributed by atoms with Crippen LogP contribution in [0.1, 0.15) is 12.5 Å². The number of thioether (sulfide) groups is 1. The fourth-order valence-corrected chi connectivity index (χ4v) is 3.86. The van der Waals surface area contributed by atoms with Gasteiger partial charge in [-0.1, -0.05) is 19.1 Å². The Kier molecular flexibility index (Phi) is 6.39. The maximum atomic E-state index is 5.96. The fraction of sp³-hybridized carbons (Fsp3) is 0.444. The van der Waals surface area contributed by atoms with Gasteiger partial charge >= 0.3 is 0 Å². The van der Waals surface area contributed by atoms with Crippen molar-refractivity contribution in [3.8, 4) is 5.75 Å². The lowest BCUT2D eigenvalue weighted by molar-refractivity contribution is 0.0270. The van der Waals surface area contributed by atoms with Crippen molar-refractivity contribution < 1.29 is 14.2 Å². The Bertz CT molecular complexity index is 564. The second-order valence-electron chi connectivity index (χ2n) is 5.49. The van der Waals surface area contributed by atoms with Gasteiger partial charge in [0.1, 0.15) is 24.6 Å². The zero-order valence-electron chi connectivity index (χ0n) is 13.3. The van der Waals surface area contributed by atoms with Gasteiger partial charge in [-0.15, -0.1) is 11.8 Å². The van der Waals surface area contributed by atoms with E-state index < -0.39 is 0 Å². The van der Waals surface area contributed by atoms with Crippen molar-refractivity contribution in [1.29, 1.82) is 0 Å². The zero-order chi connectivity index (χ0) is 15.9. The van der Waals surface area contributed by atoms with Crippen LogP contribution in [0.15, 0.2) is 46.0 Å². The average Bonchev–Trinajstić information content (AvgIpc) is 3.28. The summed E-state index contributed by atoms with van der Waals surface area (Å²) in [4.78, 5) is 1.29. The number of rotatable bonds is 10. The van der Waals surface area contributed by atoms with Gasteiger partial charge in [-0.3, -0.25) is 0 Å². The highest BCUT2D eigenvalue weighted by Gasteiger charge is 2.24. The van der Waals surface area contributed by atoms with Crippen molar-refractivity contribution in [3.05, 3.63) is 46.7 Å². The van der Waals surface area contributed by atoms with Crippen LogP contribution in [-0.4, -0.2) is 37.8 Å². The highest BCUT2D eigenvalue weighted by molar-refractivity contribution is 7.99. The number of thiophene rings is 1. The topological polar surface area (TPSA) is 31.0 Å². The molecule has 1 aliphatic heterocycles. The highest BCUT2D eigenvalue weighted by Crippen LogP contribution is 2.23. The molecule has 23 heavy (non-hydrogen) atoms. The number of epoxide rings is 1. The largest absolute Gasteiger partial charge is 0.491 e. The molecule has 0 N–H and O–H groups in total.